The minimum Gasteiger partial charge on any atom is -0.358 e. The first-order chi connectivity index (χ1) is 18.3. The Morgan fingerprint density at radius 1 is 0.895 bits per heavy atom. The molecule has 0 fully saturated rings. The molecule has 0 aliphatic rings. The van der Waals surface area contributed by atoms with E-state index in [0.29, 0.717) is 22.6 Å². The average Bonchev–Trinajstić information content (AvgIpc) is 3.52. The van der Waals surface area contributed by atoms with Gasteiger partial charge >= 0.3 is 0 Å². The van der Waals surface area contributed by atoms with Gasteiger partial charge in [0.2, 0.25) is 0 Å². The number of halogens is 1. The first-order valence-electron chi connectivity index (χ1n) is 12.3. The Labute approximate surface area is 218 Å². The van der Waals surface area contributed by atoms with Crippen molar-refractivity contribution < 1.29 is 4.39 Å². The van der Waals surface area contributed by atoms with E-state index in [-0.39, 0.29) is 11.2 Å². The normalized spacial score (nSPS) is 11.8. The Morgan fingerprint density at radius 3 is 2.55 bits per heavy atom. The second-order valence-corrected chi connectivity index (χ2v) is 10.3. The second kappa shape index (κ2) is 8.92. The topological polar surface area (TPSA) is 95.2 Å². The van der Waals surface area contributed by atoms with Crippen molar-refractivity contribution in [1.82, 2.24) is 30.1 Å². The molecule has 0 saturated carbocycles. The number of anilines is 1. The zero-order chi connectivity index (χ0) is 26.4. The minimum atomic E-state index is -0.308. The zero-order valence-corrected chi connectivity index (χ0v) is 21.3. The highest BCUT2D eigenvalue weighted by atomic mass is 19.1. The van der Waals surface area contributed by atoms with Gasteiger partial charge in [-0.05, 0) is 41.5 Å². The molecule has 0 bridgehead atoms. The molecule has 0 radical (unpaired) electrons. The maximum atomic E-state index is 13.9. The molecule has 6 aromatic rings. The number of H-pyrrole nitrogens is 2. The number of hydrogen-bond donors (Lipinski definition) is 3. The summed E-state index contributed by atoms with van der Waals surface area (Å²) in [5, 5.41) is 12.0. The molecule has 2 aromatic carbocycles. The van der Waals surface area contributed by atoms with E-state index < -0.39 is 0 Å². The number of imidazole rings is 1. The fourth-order valence-corrected chi connectivity index (χ4v) is 4.31. The minimum absolute atomic E-state index is 0.0722. The highest BCUT2D eigenvalue weighted by Gasteiger charge is 2.17. The molecule has 0 aliphatic heterocycles. The molecule has 3 N–H and O–H groups in total. The van der Waals surface area contributed by atoms with Crippen LogP contribution in [0, 0.1) is 11.2 Å². The van der Waals surface area contributed by atoms with Gasteiger partial charge in [0, 0.05) is 40.0 Å². The largest absolute Gasteiger partial charge is 0.358 e. The van der Waals surface area contributed by atoms with Crippen LogP contribution in [0.25, 0.3) is 55.7 Å². The van der Waals surface area contributed by atoms with E-state index >= 15 is 0 Å². The van der Waals surface area contributed by atoms with Crippen LogP contribution < -0.4 is 5.32 Å². The number of benzene rings is 2. The predicted molar refractivity (Wildman–Crippen MR) is 150 cm³/mol. The number of pyridine rings is 2. The van der Waals surface area contributed by atoms with E-state index in [2.05, 4.69) is 69.9 Å². The van der Waals surface area contributed by atoms with E-state index in [4.69, 9.17) is 4.98 Å². The van der Waals surface area contributed by atoms with E-state index in [9.17, 15) is 4.39 Å². The van der Waals surface area contributed by atoms with Crippen LogP contribution in [0.3, 0.4) is 0 Å². The van der Waals surface area contributed by atoms with Crippen LogP contribution in [0.4, 0.5) is 10.1 Å². The summed E-state index contributed by atoms with van der Waals surface area (Å²) in [7, 11) is 0. The number of allylic oxidation sites excluding steroid dienone is 1. The fourth-order valence-electron chi connectivity index (χ4n) is 4.31. The van der Waals surface area contributed by atoms with Crippen LogP contribution in [0.5, 0.6) is 0 Å². The molecule has 0 saturated heterocycles. The second-order valence-electron chi connectivity index (χ2n) is 10.3. The molecular weight excluding hydrogens is 477 g/mol. The number of hydrogen-bond acceptors (Lipinski definition) is 5. The lowest BCUT2D eigenvalue weighted by Crippen LogP contribution is -2.15. The molecule has 4 aromatic heterocycles. The molecule has 0 spiro atoms. The molecule has 0 aliphatic carbocycles. The van der Waals surface area contributed by atoms with Crippen molar-refractivity contribution in [2.45, 2.75) is 20.8 Å². The highest BCUT2D eigenvalue weighted by molar-refractivity contribution is 5.98. The van der Waals surface area contributed by atoms with E-state index in [1.165, 1.54) is 12.1 Å². The lowest BCUT2D eigenvalue weighted by molar-refractivity contribution is 0.509. The first-order valence-corrected chi connectivity index (χ1v) is 12.3. The molecule has 0 amide bonds. The van der Waals surface area contributed by atoms with Gasteiger partial charge in [0.1, 0.15) is 11.5 Å². The third kappa shape index (κ3) is 4.30. The van der Waals surface area contributed by atoms with Crippen molar-refractivity contribution >= 4 is 27.6 Å². The average molecular weight is 504 g/mol. The lowest BCUT2D eigenvalue weighted by atomic mass is 9.93. The summed E-state index contributed by atoms with van der Waals surface area (Å²) in [5.74, 6) is 0.293. The van der Waals surface area contributed by atoms with Crippen LogP contribution in [0.2, 0.25) is 0 Å². The van der Waals surface area contributed by atoms with Gasteiger partial charge in [-0.3, -0.25) is 15.1 Å². The monoisotopic (exact) mass is 503 g/mol. The van der Waals surface area contributed by atoms with Crippen molar-refractivity contribution in [1.29, 1.82) is 0 Å². The summed E-state index contributed by atoms with van der Waals surface area (Å²) in [4.78, 5) is 17.0. The van der Waals surface area contributed by atoms with Gasteiger partial charge < -0.3 is 10.3 Å². The zero-order valence-electron chi connectivity index (χ0n) is 21.3. The number of nitrogens with zero attached hydrogens (tertiary/aromatic N) is 4. The maximum Gasteiger partial charge on any atom is 0.159 e. The van der Waals surface area contributed by atoms with Gasteiger partial charge in [0.25, 0.3) is 0 Å². The summed E-state index contributed by atoms with van der Waals surface area (Å²) < 4.78 is 13.9. The highest BCUT2D eigenvalue weighted by Crippen LogP contribution is 2.33. The molecule has 8 heteroatoms. The van der Waals surface area contributed by atoms with Gasteiger partial charge in [-0.15, -0.1) is 0 Å². The summed E-state index contributed by atoms with van der Waals surface area (Å²) in [6.45, 7) is 10.5. The Kier molecular flexibility index (Phi) is 5.52. The molecule has 7 nitrogen and oxygen atoms in total. The summed E-state index contributed by atoms with van der Waals surface area (Å²) in [6, 6.07) is 14.6. The number of nitrogens with one attached hydrogen (secondary N) is 3. The number of aromatic amines is 2. The van der Waals surface area contributed by atoms with Crippen molar-refractivity contribution in [2.75, 3.05) is 5.32 Å². The maximum absolute atomic E-state index is 13.9. The fraction of sp³-hybridized carbons (Fsp3) is 0.133. The number of aromatic nitrogens is 6. The SMILES string of the molecule is C=C(Nc1cncc(-c2ccc3[nH]nc(-c4nc5c(-c6cccc(F)c6)cncc5[nH]4)c3c2)c1)C(C)(C)C. The van der Waals surface area contributed by atoms with E-state index in [1.54, 1.807) is 24.7 Å². The van der Waals surface area contributed by atoms with Gasteiger partial charge in [0.05, 0.1) is 34.6 Å². The number of rotatable bonds is 5. The Balaban J connectivity index is 1.40. The standard InChI is InChI=1S/C30H26FN7/c1-17(30(2,3)4)34-22-11-20(13-32-14-22)18-8-9-25-23(12-18)28(38-37-25)29-35-26-16-33-15-24(27(26)36-29)19-6-5-7-21(31)10-19/h5-16,34H,1H2,2-4H3,(H,35,36)(H,37,38). The predicted octanol–water partition coefficient (Wildman–Crippen LogP) is 7.34. The molecule has 4 heterocycles. The molecule has 38 heavy (non-hydrogen) atoms. The van der Waals surface area contributed by atoms with E-state index in [0.717, 1.165) is 44.5 Å². The Bertz CT molecular complexity index is 1820. The Morgan fingerprint density at radius 2 is 1.74 bits per heavy atom. The molecule has 188 valence electrons. The summed E-state index contributed by atoms with van der Waals surface area (Å²) in [5.41, 5.74) is 8.17. The third-order valence-electron chi connectivity index (χ3n) is 6.59. The third-order valence-corrected chi connectivity index (χ3v) is 6.59. The van der Waals surface area contributed by atoms with Crippen molar-refractivity contribution in [3.05, 3.63) is 91.4 Å². The van der Waals surface area contributed by atoms with Crippen molar-refractivity contribution in [3.63, 3.8) is 0 Å². The van der Waals surface area contributed by atoms with Gasteiger partial charge in [-0.25, -0.2) is 9.37 Å². The number of fused-ring (bicyclic) bond motifs is 2. The van der Waals surface area contributed by atoms with Gasteiger partial charge in [0.15, 0.2) is 5.82 Å². The first kappa shape index (κ1) is 23.5. The van der Waals surface area contributed by atoms with Crippen LogP contribution in [0.1, 0.15) is 20.8 Å². The van der Waals surface area contributed by atoms with Crippen LogP contribution in [0.15, 0.2) is 85.6 Å². The quantitative estimate of drug-likeness (QED) is 0.229. The van der Waals surface area contributed by atoms with Gasteiger partial charge in [-0.1, -0.05) is 45.5 Å². The lowest BCUT2D eigenvalue weighted by Gasteiger charge is -2.23. The summed E-state index contributed by atoms with van der Waals surface area (Å²) in [6.07, 6.45) is 7.04. The van der Waals surface area contributed by atoms with Crippen LogP contribution >= 0.6 is 0 Å². The Hall–Kier alpha value is -4.85. The molecule has 6 rings (SSSR count). The van der Waals surface area contributed by atoms with Crippen molar-refractivity contribution in [2.24, 2.45) is 5.41 Å². The smallest absolute Gasteiger partial charge is 0.159 e. The van der Waals surface area contributed by atoms with Gasteiger partial charge in [-0.2, -0.15) is 5.10 Å². The summed E-state index contributed by atoms with van der Waals surface area (Å²) >= 11 is 0. The van der Waals surface area contributed by atoms with E-state index in [1.807, 2.05) is 24.4 Å². The molecule has 0 atom stereocenters. The molecule has 0 unspecified atom stereocenters. The van der Waals surface area contributed by atoms with Crippen LogP contribution in [-0.4, -0.2) is 30.1 Å². The van der Waals surface area contributed by atoms with Crippen molar-refractivity contribution in [3.8, 4) is 33.8 Å². The van der Waals surface area contributed by atoms with Crippen LogP contribution in [-0.2, 0) is 0 Å². The molecular formula is C30H26FN7.